The molecule has 1 aliphatic carbocycles. The number of nitrogens with one attached hydrogen (secondary N) is 1. The Morgan fingerprint density at radius 3 is 2.71 bits per heavy atom. The van der Waals surface area contributed by atoms with Crippen molar-refractivity contribution < 1.29 is 18.7 Å². The van der Waals surface area contributed by atoms with Crippen LogP contribution in [0, 0.1) is 23.5 Å². The fourth-order valence-electron chi connectivity index (χ4n) is 2.23. The minimum Gasteiger partial charge on any atom is -0.388 e. The predicted molar refractivity (Wildman–Crippen MR) is 75.7 cm³/mol. The van der Waals surface area contributed by atoms with E-state index in [9.17, 15) is 18.7 Å². The summed E-state index contributed by atoms with van der Waals surface area (Å²) in [5.41, 5.74) is -0.589. The van der Waals surface area contributed by atoms with Crippen molar-refractivity contribution in [2.45, 2.75) is 38.7 Å². The van der Waals surface area contributed by atoms with Gasteiger partial charge in [-0.2, -0.15) is 0 Å². The molecule has 1 fully saturated rings. The lowest BCUT2D eigenvalue weighted by atomic mass is 9.92. The van der Waals surface area contributed by atoms with Gasteiger partial charge in [-0.05, 0) is 36.8 Å². The van der Waals surface area contributed by atoms with Gasteiger partial charge in [0.05, 0.1) is 5.60 Å². The van der Waals surface area contributed by atoms with E-state index >= 15 is 0 Å². The van der Waals surface area contributed by atoms with Crippen LogP contribution in [0.25, 0.3) is 0 Å². The third kappa shape index (κ3) is 3.59. The van der Waals surface area contributed by atoms with Crippen molar-refractivity contribution in [2.24, 2.45) is 11.8 Å². The van der Waals surface area contributed by atoms with E-state index in [-0.39, 0.29) is 30.2 Å². The van der Waals surface area contributed by atoms with Crippen LogP contribution < -0.4 is 5.32 Å². The van der Waals surface area contributed by atoms with Gasteiger partial charge >= 0.3 is 0 Å². The normalized spacial score (nSPS) is 23.8. The molecule has 3 atom stereocenters. The van der Waals surface area contributed by atoms with Gasteiger partial charge in [-0.15, -0.1) is 0 Å². The summed E-state index contributed by atoms with van der Waals surface area (Å²) in [4.78, 5) is 12.0. The Labute approximate surface area is 123 Å². The standard InChI is InChI=1S/C16H21F2NO2/c1-9(2)16(3,21)8-19-15(20)13-7-12(13)11-5-4-10(17)6-14(11)18/h4-6,9,12-13,21H,7-8H2,1-3H3,(H,19,20). The van der Waals surface area contributed by atoms with Gasteiger partial charge in [0, 0.05) is 18.5 Å². The molecule has 3 unspecified atom stereocenters. The molecular formula is C16H21F2NO2. The molecular weight excluding hydrogens is 276 g/mol. The zero-order valence-corrected chi connectivity index (χ0v) is 12.5. The molecule has 0 spiro atoms. The highest BCUT2D eigenvalue weighted by Crippen LogP contribution is 2.48. The summed E-state index contributed by atoms with van der Waals surface area (Å²) >= 11 is 0. The van der Waals surface area contributed by atoms with Gasteiger partial charge in [0.15, 0.2) is 0 Å². The number of amides is 1. The van der Waals surface area contributed by atoms with Gasteiger partial charge in [-0.25, -0.2) is 8.78 Å². The van der Waals surface area contributed by atoms with E-state index in [0.717, 1.165) is 6.07 Å². The molecule has 0 aromatic heterocycles. The highest BCUT2D eigenvalue weighted by molar-refractivity contribution is 5.83. The van der Waals surface area contributed by atoms with Crippen LogP contribution >= 0.6 is 0 Å². The topological polar surface area (TPSA) is 49.3 Å². The zero-order chi connectivity index (χ0) is 15.8. The molecule has 2 rings (SSSR count). The van der Waals surface area contributed by atoms with E-state index in [1.165, 1.54) is 12.1 Å². The average Bonchev–Trinajstić information content (AvgIpc) is 3.16. The van der Waals surface area contributed by atoms with Gasteiger partial charge in [0.25, 0.3) is 0 Å². The van der Waals surface area contributed by atoms with E-state index in [1.54, 1.807) is 6.92 Å². The van der Waals surface area contributed by atoms with Crippen molar-refractivity contribution in [1.82, 2.24) is 5.32 Å². The van der Waals surface area contributed by atoms with Crippen molar-refractivity contribution in [3.05, 3.63) is 35.4 Å². The van der Waals surface area contributed by atoms with Crippen molar-refractivity contribution in [2.75, 3.05) is 6.54 Å². The van der Waals surface area contributed by atoms with E-state index in [0.29, 0.717) is 12.0 Å². The van der Waals surface area contributed by atoms with Gasteiger partial charge < -0.3 is 10.4 Å². The summed E-state index contributed by atoms with van der Waals surface area (Å²) < 4.78 is 26.5. The molecule has 1 aliphatic rings. The van der Waals surface area contributed by atoms with Crippen molar-refractivity contribution >= 4 is 5.91 Å². The monoisotopic (exact) mass is 297 g/mol. The maximum atomic E-state index is 13.6. The highest BCUT2D eigenvalue weighted by Gasteiger charge is 2.45. The molecule has 21 heavy (non-hydrogen) atoms. The molecule has 2 N–H and O–H groups in total. The Hall–Kier alpha value is -1.49. The summed E-state index contributed by atoms with van der Waals surface area (Å²) in [6, 6.07) is 3.44. The van der Waals surface area contributed by atoms with Crippen molar-refractivity contribution in [1.29, 1.82) is 0 Å². The first kappa shape index (κ1) is 15.9. The number of aliphatic hydroxyl groups is 1. The van der Waals surface area contributed by atoms with E-state index in [4.69, 9.17) is 0 Å². The summed E-state index contributed by atoms with van der Waals surface area (Å²) in [5.74, 6) is -1.90. The van der Waals surface area contributed by atoms with E-state index in [1.807, 2.05) is 13.8 Å². The minimum absolute atomic E-state index is 0.0161. The Morgan fingerprint density at radius 2 is 2.14 bits per heavy atom. The second-order valence-electron chi connectivity index (χ2n) is 6.34. The Balaban J connectivity index is 1.92. The van der Waals surface area contributed by atoms with E-state index < -0.39 is 17.2 Å². The Kier molecular flexibility index (Phi) is 4.33. The van der Waals surface area contributed by atoms with Crippen LogP contribution in [0.15, 0.2) is 18.2 Å². The smallest absolute Gasteiger partial charge is 0.223 e. The third-order valence-corrected chi connectivity index (χ3v) is 4.35. The fraction of sp³-hybridized carbons (Fsp3) is 0.562. The molecule has 0 radical (unpaired) electrons. The molecule has 0 aliphatic heterocycles. The second-order valence-corrected chi connectivity index (χ2v) is 6.34. The molecule has 1 aromatic rings. The SMILES string of the molecule is CC(C)C(C)(O)CNC(=O)C1CC1c1ccc(F)cc1F. The van der Waals surface area contributed by atoms with Gasteiger partial charge in [0.1, 0.15) is 11.6 Å². The lowest BCUT2D eigenvalue weighted by Crippen LogP contribution is -2.44. The molecule has 1 saturated carbocycles. The van der Waals surface area contributed by atoms with Crippen LogP contribution in [0.5, 0.6) is 0 Å². The van der Waals surface area contributed by atoms with Crippen molar-refractivity contribution in [3.8, 4) is 0 Å². The molecule has 0 bridgehead atoms. The molecule has 1 aromatic carbocycles. The van der Waals surface area contributed by atoms with Crippen LogP contribution in [0.4, 0.5) is 8.78 Å². The number of benzene rings is 1. The highest BCUT2D eigenvalue weighted by atomic mass is 19.1. The number of carbonyl (C=O) groups is 1. The lowest BCUT2D eigenvalue weighted by Gasteiger charge is -2.27. The zero-order valence-electron chi connectivity index (χ0n) is 12.5. The summed E-state index contributed by atoms with van der Waals surface area (Å²) in [5, 5.41) is 12.8. The van der Waals surface area contributed by atoms with Crippen LogP contribution in [0.1, 0.15) is 38.7 Å². The number of hydrogen-bond acceptors (Lipinski definition) is 2. The Morgan fingerprint density at radius 1 is 1.48 bits per heavy atom. The van der Waals surface area contributed by atoms with Gasteiger partial charge in [-0.3, -0.25) is 4.79 Å². The summed E-state index contributed by atoms with van der Waals surface area (Å²) in [6.07, 6.45) is 0.554. The molecule has 0 saturated heterocycles. The fourth-order valence-corrected chi connectivity index (χ4v) is 2.23. The van der Waals surface area contributed by atoms with Crippen LogP contribution in [0.2, 0.25) is 0 Å². The van der Waals surface area contributed by atoms with Gasteiger partial charge in [0.2, 0.25) is 5.91 Å². The number of halogens is 2. The third-order valence-electron chi connectivity index (χ3n) is 4.35. The maximum absolute atomic E-state index is 13.6. The number of hydrogen-bond donors (Lipinski definition) is 2. The first-order valence-electron chi connectivity index (χ1n) is 7.17. The largest absolute Gasteiger partial charge is 0.388 e. The molecule has 0 heterocycles. The summed E-state index contributed by atoms with van der Waals surface area (Å²) in [7, 11) is 0. The lowest BCUT2D eigenvalue weighted by molar-refractivity contribution is -0.124. The molecule has 116 valence electrons. The van der Waals surface area contributed by atoms with Crippen molar-refractivity contribution in [3.63, 3.8) is 0 Å². The molecule has 1 amide bonds. The first-order chi connectivity index (χ1) is 9.72. The second kappa shape index (κ2) is 5.72. The van der Waals surface area contributed by atoms with Gasteiger partial charge in [-0.1, -0.05) is 19.9 Å². The van der Waals surface area contributed by atoms with Crippen LogP contribution in [0.3, 0.4) is 0 Å². The average molecular weight is 297 g/mol. The predicted octanol–water partition coefficient (Wildman–Crippen LogP) is 2.59. The van der Waals surface area contributed by atoms with Crippen LogP contribution in [-0.2, 0) is 4.79 Å². The maximum Gasteiger partial charge on any atom is 0.223 e. The number of rotatable bonds is 5. The molecule has 5 heteroatoms. The first-order valence-corrected chi connectivity index (χ1v) is 7.17. The van der Waals surface area contributed by atoms with E-state index in [2.05, 4.69) is 5.32 Å². The van der Waals surface area contributed by atoms with Crippen LogP contribution in [-0.4, -0.2) is 23.2 Å². The molecule has 3 nitrogen and oxygen atoms in total. The number of carbonyl (C=O) groups excluding carboxylic acids is 1. The summed E-state index contributed by atoms with van der Waals surface area (Å²) in [6.45, 7) is 5.58. The minimum atomic E-state index is -0.971. The Bertz CT molecular complexity index is 543. The quantitative estimate of drug-likeness (QED) is 0.877.